The van der Waals surface area contributed by atoms with Gasteiger partial charge in [-0.15, -0.1) is 0 Å². The molecule has 16 N–H and O–H groups in total. The van der Waals surface area contributed by atoms with Crippen molar-refractivity contribution in [1.29, 1.82) is 0 Å². The van der Waals surface area contributed by atoms with Crippen LogP contribution in [0.25, 0.3) is 0 Å². The van der Waals surface area contributed by atoms with E-state index in [1.165, 1.54) is 20.8 Å². The highest BCUT2D eigenvalue weighted by atomic mass is 32.5. The Hall–Kier alpha value is -3.94. The van der Waals surface area contributed by atoms with Gasteiger partial charge in [0.15, 0.2) is 18.9 Å². The summed E-state index contributed by atoms with van der Waals surface area (Å²) in [6, 6.07) is -3.40. The van der Waals surface area contributed by atoms with Gasteiger partial charge in [-0.3, -0.25) is 33.6 Å². The van der Waals surface area contributed by atoms with Gasteiger partial charge in [-0.1, -0.05) is 6.42 Å². The molecule has 3 heterocycles. The van der Waals surface area contributed by atoms with Crippen LogP contribution in [0.2, 0.25) is 0 Å². The molecule has 96 heavy (non-hydrogen) atoms. The predicted molar refractivity (Wildman–Crippen MR) is 339 cm³/mol. The van der Waals surface area contributed by atoms with Gasteiger partial charge in [-0.25, -0.2) is 0 Å². The second kappa shape index (κ2) is 46.5. The quantitative estimate of drug-likeness (QED) is 0.0199. The first kappa shape index (κ1) is 86.3. The lowest BCUT2D eigenvalue weighted by Gasteiger charge is -2.42. The van der Waals surface area contributed by atoms with Crippen molar-refractivity contribution in [2.45, 2.75) is 190 Å². The zero-order chi connectivity index (χ0) is 71.4. The number of aliphatic hydroxyl groups excluding tert-OH is 9. The average Bonchev–Trinajstić information content (AvgIpc) is 0.829. The summed E-state index contributed by atoms with van der Waals surface area (Å²) in [5, 5.41) is 107. The van der Waals surface area contributed by atoms with Gasteiger partial charge in [0, 0.05) is 92.3 Å². The molecule has 558 valence electrons. The zero-order valence-corrected chi connectivity index (χ0v) is 57.4. The number of rotatable bonds is 48. The molecule has 3 rings (SSSR count). The molecule has 38 heteroatoms. The van der Waals surface area contributed by atoms with Gasteiger partial charge in [-0.05, 0) is 58.4 Å². The predicted octanol–water partition coefficient (Wildman–Crippen LogP) is -6.43. The minimum Gasteiger partial charge on any atom is -0.394 e. The van der Waals surface area contributed by atoms with Crippen LogP contribution in [-0.2, 0) is 97.0 Å². The average molecular weight is 1430 g/mol. The highest BCUT2D eigenvalue weighted by molar-refractivity contribution is 8.07. The summed E-state index contributed by atoms with van der Waals surface area (Å²) in [5.74, 6) is -2.86. The van der Waals surface area contributed by atoms with E-state index in [1.54, 1.807) is 25.7 Å². The molecule has 16 unspecified atom stereocenters. The number of unbranched alkanes of at least 4 members (excludes halogenated alkanes) is 2. The molecule has 0 spiro atoms. The van der Waals surface area contributed by atoms with Crippen LogP contribution >= 0.6 is 6.72 Å². The van der Waals surface area contributed by atoms with Crippen molar-refractivity contribution in [1.82, 2.24) is 41.7 Å². The van der Waals surface area contributed by atoms with E-state index in [0.717, 1.165) is 0 Å². The molecule has 3 saturated heterocycles. The Morgan fingerprint density at radius 3 is 1.17 bits per heavy atom. The highest BCUT2D eigenvalue weighted by Gasteiger charge is 2.48. The third kappa shape index (κ3) is 33.9. The first-order valence-corrected chi connectivity index (χ1v) is 34.8. The van der Waals surface area contributed by atoms with Gasteiger partial charge in [0.25, 0.3) is 0 Å². The number of amides is 7. The smallest absolute Gasteiger partial charge is 0.325 e. The van der Waals surface area contributed by atoms with Gasteiger partial charge in [0.2, 0.25) is 41.4 Å². The number of hydrogen-bond donors (Lipinski definition) is 16. The molecule has 16 atom stereocenters. The van der Waals surface area contributed by atoms with Crippen LogP contribution in [-0.4, -0.2) is 338 Å². The van der Waals surface area contributed by atoms with Crippen molar-refractivity contribution in [2.75, 3.05) is 138 Å². The van der Waals surface area contributed by atoms with Crippen LogP contribution < -0.4 is 31.9 Å². The summed E-state index contributed by atoms with van der Waals surface area (Å²) < 4.78 is 61.4. The van der Waals surface area contributed by atoms with E-state index in [4.69, 9.17) is 63.5 Å². The Morgan fingerprint density at radius 2 is 0.823 bits per heavy atom. The molecule has 0 aromatic carbocycles. The molecule has 3 aliphatic rings. The number of carbonyl (C=O) groups is 7. The van der Waals surface area contributed by atoms with Crippen LogP contribution in [0.5, 0.6) is 0 Å². The molecule has 0 aromatic heterocycles. The fourth-order valence-corrected chi connectivity index (χ4v) is 12.1. The Morgan fingerprint density at radius 1 is 0.458 bits per heavy atom. The van der Waals surface area contributed by atoms with Gasteiger partial charge in [-0.2, -0.15) is 0 Å². The first-order chi connectivity index (χ1) is 45.5. The molecule has 7 amide bonds. The van der Waals surface area contributed by atoms with Crippen molar-refractivity contribution < 1.29 is 136 Å². The lowest BCUT2D eigenvalue weighted by Crippen LogP contribution is -2.64. The standard InChI is InChI=1S/C58H107N8O28PS/c1-36(70)62-46-52(80)49(77)39(33-67)91-55(46)87-30-27-84-24-15-59-42(73)12-20-65(21-13-43(74)60-16-25-85-28-31-88-56-47(63-37(2)71)53(81)50(78)40(34-68)92-56)18-10-19-66(45(76)11-8-7-9-23-90-95(83,96)94-58(4,5)6)22-14-44(75)61-17-26-86-29-32-89-57-48(64-38(3)72)54(82)51(79)41(35-69)93-57/h39-41,46-57,67-69,77-82H,7-35H2,1-6H3,(H,59,73)(H,60,74)(H,61,75)(H,62,70)(H,63,71)(H,64,72)(H,83,96). The molecule has 0 saturated carbocycles. The summed E-state index contributed by atoms with van der Waals surface area (Å²) in [6.07, 6.45) is -14.3. The molecular formula is C58H107N8O28PS. The van der Waals surface area contributed by atoms with E-state index in [-0.39, 0.29) is 161 Å². The van der Waals surface area contributed by atoms with Crippen molar-refractivity contribution in [3.05, 3.63) is 0 Å². The number of carbonyl (C=O) groups excluding carboxylic acids is 7. The Balaban J connectivity index is 1.60. The zero-order valence-electron chi connectivity index (χ0n) is 55.7. The molecular weight excluding hydrogens is 1320 g/mol. The Kier molecular flexibility index (Phi) is 41.8. The number of hydrogen-bond acceptors (Lipinski definition) is 29. The van der Waals surface area contributed by atoms with Gasteiger partial charge in [0.1, 0.15) is 73.1 Å². The first-order valence-electron chi connectivity index (χ1n) is 32.3. The van der Waals surface area contributed by atoms with Crippen LogP contribution in [0.1, 0.15) is 92.9 Å². The summed E-state index contributed by atoms with van der Waals surface area (Å²) in [7, 11) is 0. The fraction of sp³-hybridized carbons (Fsp3) is 0.879. The second-order valence-electron chi connectivity index (χ2n) is 23.9. The summed E-state index contributed by atoms with van der Waals surface area (Å²) in [5.41, 5.74) is -0.725. The van der Waals surface area contributed by atoms with Gasteiger partial charge >= 0.3 is 6.72 Å². The van der Waals surface area contributed by atoms with Gasteiger partial charge in [0.05, 0.1) is 91.5 Å². The van der Waals surface area contributed by atoms with E-state index in [9.17, 15) is 84.4 Å². The van der Waals surface area contributed by atoms with E-state index in [0.29, 0.717) is 32.2 Å². The summed E-state index contributed by atoms with van der Waals surface area (Å²) >= 11 is 5.12. The van der Waals surface area contributed by atoms with Gasteiger partial charge < -0.3 is 144 Å². The normalized spacial score (nSPS) is 26.7. The van der Waals surface area contributed by atoms with Crippen molar-refractivity contribution >= 4 is 59.9 Å². The Labute approximate surface area is 564 Å². The van der Waals surface area contributed by atoms with Crippen LogP contribution in [0, 0.1) is 0 Å². The van der Waals surface area contributed by atoms with Crippen molar-refractivity contribution in [3.63, 3.8) is 0 Å². The molecule has 0 radical (unpaired) electrons. The molecule has 3 aliphatic heterocycles. The SMILES string of the molecule is CC(=O)NC1C(OCCOCCNC(=O)CCN(CCCN(CCC(=O)NCCOCCOC2OC(CO)C(O)C(O)C2NC(C)=O)C(=O)CCCCCOP(O)(=S)OC(C)(C)C)CCC(=O)NCCOCCOC2OC(CO)C(O)C(O)C2NC(C)=O)OC(CO)C(O)C1O. The molecule has 0 aliphatic carbocycles. The van der Waals surface area contributed by atoms with Crippen LogP contribution in [0.4, 0.5) is 0 Å². The third-order valence-electron chi connectivity index (χ3n) is 14.8. The third-order valence-corrected chi connectivity index (χ3v) is 16.7. The lowest BCUT2D eigenvalue weighted by atomic mass is 9.97. The molecule has 0 aromatic rings. The van der Waals surface area contributed by atoms with E-state index >= 15 is 0 Å². The van der Waals surface area contributed by atoms with Crippen molar-refractivity contribution in [3.8, 4) is 0 Å². The fourth-order valence-electron chi connectivity index (χ4n) is 10.1. The molecule has 3 fully saturated rings. The Bertz CT molecular complexity index is 2270. The minimum atomic E-state index is -3.49. The van der Waals surface area contributed by atoms with Crippen LogP contribution in [0.15, 0.2) is 0 Å². The number of nitrogens with zero attached hydrogens (tertiary/aromatic N) is 2. The maximum Gasteiger partial charge on any atom is 0.325 e. The number of nitrogens with one attached hydrogen (secondary N) is 6. The number of aliphatic hydroxyl groups is 9. The van der Waals surface area contributed by atoms with E-state index < -0.39 is 142 Å². The monoisotopic (exact) mass is 1430 g/mol. The molecule has 0 bridgehead atoms. The number of ether oxygens (including phenoxy) is 9. The summed E-state index contributed by atoms with van der Waals surface area (Å²) in [4.78, 5) is 103. The molecule has 36 nitrogen and oxygen atoms in total. The van der Waals surface area contributed by atoms with E-state index in [2.05, 4.69) is 31.9 Å². The summed E-state index contributed by atoms with van der Waals surface area (Å²) in [6.45, 7) is 4.71. The topological polar surface area (TPSA) is 502 Å². The largest absolute Gasteiger partial charge is 0.394 e. The second-order valence-corrected chi connectivity index (χ2v) is 26.7. The van der Waals surface area contributed by atoms with Crippen molar-refractivity contribution in [2.24, 2.45) is 0 Å². The lowest BCUT2D eigenvalue weighted by molar-refractivity contribution is -0.272. The highest BCUT2D eigenvalue weighted by Crippen LogP contribution is 2.47. The van der Waals surface area contributed by atoms with Crippen LogP contribution in [0.3, 0.4) is 0 Å². The minimum absolute atomic E-state index is 0.0000701. The maximum absolute atomic E-state index is 13.9. The van der Waals surface area contributed by atoms with E-state index in [1.807, 2.05) is 4.90 Å². The maximum atomic E-state index is 13.9.